The molecule has 1 aromatic heterocycles. The summed E-state index contributed by atoms with van der Waals surface area (Å²) >= 11 is 1.30. The number of benzene rings is 1. The van der Waals surface area contributed by atoms with Crippen molar-refractivity contribution in [3.63, 3.8) is 0 Å². The minimum atomic E-state index is -0.131. The first kappa shape index (κ1) is 11.0. The molecular weight excluding hydrogens is 222 g/mol. The Morgan fingerprint density at radius 2 is 2.12 bits per heavy atom. The second-order valence-electron chi connectivity index (χ2n) is 3.44. The van der Waals surface area contributed by atoms with Crippen LogP contribution in [0.3, 0.4) is 0 Å². The van der Waals surface area contributed by atoms with Crippen LogP contribution in [0.1, 0.15) is 17.4 Å². The quantitative estimate of drug-likeness (QED) is 0.851. The van der Waals surface area contributed by atoms with Crippen LogP contribution < -0.4 is 5.32 Å². The minimum absolute atomic E-state index is 0.0304. The molecule has 4 nitrogen and oxygen atoms in total. The first-order valence-electron chi connectivity index (χ1n) is 5.02. The van der Waals surface area contributed by atoms with Crippen LogP contribution in [0.15, 0.2) is 30.3 Å². The highest BCUT2D eigenvalue weighted by molar-refractivity contribution is 7.09. The summed E-state index contributed by atoms with van der Waals surface area (Å²) in [6, 6.07) is 9.67. The molecule has 1 aromatic carbocycles. The summed E-state index contributed by atoms with van der Waals surface area (Å²) in [6.45, 7) is 1.88. The van der Waals surface area contributed by atoms with E-state index in [0.29, 0.717) is 0 Å². The molecule has 0 aliphatic heterocycles. The van der Waals surface area contributed by atoms with E-state index in [1.54, 1.807) is 0 Å². The molecule has 1 unspecified atom stereocenters. The Morgan fingerprint density at radius 3 is 2.69 bits per heavy atom. The zero-order valence-corrected chi connectivity index (χ0v) is 9.74. The lowest BCUT2D eigenvalue weighted by Gasteiger charge is -2.15. The molecular formula is C11H13N3OS. The molecule has 5 heteroatoms. The molecule has 0 aliphatic rings. The lowest BCUT2D eigenvalue weighted by molar-refractivity contribution is 0.276. The van der Waals surface area contributed by atoms with Gasteiger partial charge in [-0.15, -0.1) is 0 Å². The van der Waals surface area contributed by atoms with Gasteiger partial charge in [0.15, 0.2) is 0 Å². The molecule has 16 heavy (non-hydrogen) atoms. The van der Waals surface area contributed by atoms with Gasteiger partial charge >= 0.3 is 0 Å². The summed E-state index contributed by atoms with van der Waals surface area (Å²) in [6.07, 6.45) is 0. The summed E-state index contributed by atoms with van der Waals surface area (Å²) in [5.74, 6) is 0.747. The van der Waals surface area contributed by atoms with Crippen molar-refractivity contribution in [1.29, 1.82) is 0 Å². The summed E-state index contributed by atoms with van der Waals surface area (Å²) in [5.41, 5.74) is 1.04. The largest absolute Gasteiger partial charge is 0.394 e. The molecule has 0 saturated carbocycles. The molecule has 0 spiro atoms. The number of anilines is 1. The first-order valence-corrected chi connectivity index (χ1v) is 5.79. The predicted molar refractivity (Wildman–Crippen MR) is 64.5 cm³/mol. The van der Waals surface area contributed by atoms with Crippen LogP contribution in [0, 0.1) is 6.92 Å². The van der Waals surface area contributed by atoms with Crippen molar-refractivity contribution in [1.82, 2.24) is 9.36 Å². The smallest absolute Gasteiger partial charge is 0.203 e. The van der Waals surface area contributed by atoms with Gasteiger partial charge in [0.2, 0.25) is 5.13 Å². The van der Waals surface area contributed by atoms with Crippen molar-refractivity contribution >= 4 is 16.7 Å². The van der Waals surface area contributed by atoms with Crippen LogP contribution in [0.5, 0.6) is 0 Å². The van der Waals surface area contributed by atoms with E-state index >= 15 is 0 Å². The Kier molecular flexibility index (Phi) is 3.48. The van der Waals surface area contributed by atoms with Crippen LogP contribution in [0.4, 0.5) is 5.13 Å². The topological polar surface area (TPSA) is 58.0 Å². The zero-order valence-electron chi connectivity index (χ0n) is 8.92. The maximum atomic E-state index is 9.34. The number of aromatic nitrogens is 2. The highest BCUT2D eigenvalue weighted by Gasteiger charge is 2.11. The van der Waals surface area contributed by atoms with Gasteiger partial charge in [0.25, 0.3) is 0 Å². The van der Waals surface area contributed by atoms with Crippen molar-refractivity contribution < 1.29 is 5.11 Å². The van der Waals surface area contributed by atoms with Crippen LogP contribution in [-0.4, -0.2) is 21.1 Å². The highest BCUT2D eigenvalue weighted by atomic mass is 32.1. The molecule has 0 amide bonds. The number of aliphatic hydroxyl groups excluding tert-OH is 1. The Morgan fingerprint density at radius 1 is 1.38 bits per heavy atom. The number of hydrogen-bond donors (Lipinski definition) is 2. The third-order valence-electron chi connectivity index (χ3n) is 2.21. The Labute approximate surface area is 98.1 Å². The Bertz CT molecular complexity index is 444. The van der Waals surface area contributed by atoms with Gasteiger partial charge in [-0.3, -0.25) is 0 Å². The third kappa shape index (κ3) is 2.56. The van der Waals surface area contributed by atoms with Crippen molar-refractivity contribution in [2.75, 3.05) is 11.9 Å². The monoisotopic (exact) mass is 235 g/mol. The average molecular weight is 235 g/mol. The van der Waals surface area contributed by atoms with Crippen molar-refractivity contribution in [3.8, 4) is 0 Å². The number of hydrogen-bond acceptors (Lipinski definition) is 5. The van der Waals surface area contributed by atoms with Crippen LogP contribution in [-0.2, 0) is 0 Å². The van der Waals surface area contributed by atoms with Gasteiger partial charge in [0.05, 0.1) is 12.6 Å². The van der Waals surface area contributed by atoms with E-state index < -0.39 is 0 Å². The number of nitrogens with zero attached hydrogens (tertiary/aromatic N) is 2. The van der Waals surface area contributed by atoms with E-state index in [2.05, 4.69) is 14.7 Å². The second kappa shape index (κ2) is 5.05. The molecule has 1 atom stereocenters. The van der Waals surface area contributed by atoms with E-state index in [0.717, 1.165) is 16.5 Å². The highest BCUT2D eigenvalue weighted by Crippen LogP contribution is 2.20. The summed E-state index contributed by atoms with van der Waals surface area (Å²) in [5, 5.41) is 13.2. The Balaban J connectivity index is 2.12. The predicted octanol–water partition coefficient (Wildman–Crippen LogP) is 1.99. The van der Waals surface area contributed by atoms with Crippen molar-refractivity contribution in [3.05, 3.63) is 41.7 Å². The number of aryl methyl sites for hydroxylation is 1. The molecule has 84 valence electrons. The average Bonchev–Trinajstić information content (AvgIpc) is 2.73. The standard InChI is InChI=1S/C11H13N3OS/c1-8-12-11(16-14-8)13-10(7-15)9-5-3-2-4-6-9/h2-6,10,15H,7H2,1H3,(H,12,13,14). The third-order valence-corrected chi connectivity index (χ3v) is 2.95. The van der Waals surface area contributed by atoms with Gasteiger partial charge in [-0.05, 0) is 12.5 Å². The molecule has 0 aliphatic carbocycles. The van der Waals surface area contributed by atoms with Gasteiger partial charge in [0.1, 0.15) is 5.82 Å². The van der Waals surface area contributed by atoms with Gasteiger partial charge in [-0.25, -0.2) is 4.98 Å². The second-order valence-corrected chi connectivity index (χ2v) is 4.19. The van der Waals surface area contributed by atoms with Gasteiger partial charge in [-0.2, -0.15) is 4.37 Å². The number of nitrogens with one attached hydrogen (secondary N) is 1. The molecule has 0 bridgehead atoms. The summed E-state index contributed by atoms with van der Waals surface area (Å²) in [7, 11) is 0. The maximum Gasteiger partial charge on any atom is 0.203 e. The molecule has 2 aromatic rings. The van der Waals surface area contributed by atoms with Gasteiger partial charge < -0.3 is 10.4 Å². The fraction of sp³-hybridized carbons (Fsp3) is 0.273. The lowest BCUT2D eigenvalue weighted by atomic mass is 10.1. The molecule has 0 radical (unpaired) electrons. The minimum Gasteiger partial charge on any atom is -0.394 e. The Hall–Kier alpha value is -1.46. The first-order chi connectivity index (χ1) is 7.79. The molecule has 0 fully saturated rings. The molecule has 0 saturated heterocycles. The van der Waals surface area contributed by atoms with Crippen LogP contribution in [0.2, 0.25) is 0 Å². The fourth-order valence-corrected chi connectivity index (χ4v) is 2.05. The van der Waals surface area contributed by atoms with E-state index in [4.69, 9.17) is 0 Å². The maximum absolute atomic E-state index is 9.34. The van der Waals surface area contributed by atoms with Gasteiger partial charge in [0, 0.05) is 11.5 Å². The normalized spacial score (nSPS) is 12.4. The zero-order chi connectivity index (χ0) is 11.4. The van der Waals surface area contributed by atoms with E-state index in [1.165, 1.54) is 11.5 Å². The molecule has 1 heterocycles. The van der Waals surface area contributed by atoms with Gasteiger partial charge in [-0.1, -0.05) is 30.3 Å². The van der Waals surface area contributed by atoms with Crippen LogP contribution in [0.25, 0.3) is 0 Å². The molecule has 2 N–H and O–H groups in total. The number of rotatable bonds is 4. The summed E-state index contributed by atoms with van der Waals surface area (Å²) < 4.78 is 4.08. The van der Waals surface area contributed by atoms with Crippen molar-refractivity contribution in [2.24, 2.45) is 0 Å². The SMILES string of the molecule is Cc1nsc(NC(CO)c2ccccc2)n1. The van der Waals surface area contributed by atoms with E-state index in [9.17, 15) is 5.11 Å². The lowest BCUT2D eigenvalue weighted by Crippen LogP contribution is -2.14. The van der Waals surface area contributed by atoms with E-state index in [-0.39, 0.29) is 12.6 Å². The fourth-order valence-electron chi connectivity index (χ4n) is 1.42. The van der Waals surface area contributed by atoms with Crippen LogP contribution >= 0.6 is 11.5 Å². The van der Waals surface area contributed by atoms with Crippen molar-refractivity contribution in [2.45, 2.75) is 13.0 Å². The number of aliphatic hydroxyl groups is 1. The molecule has 2 rings (SSSR count). The van der Waals surface area contributed by atoms with E-state index in [1.807, 2.05) is 37.3 Å². The summed E-state index contributed by atoms with van der Waals surface area (Å²) in [4.78, 5) is 4.21.